The Morgan fingerprint density at radius 3 is 2.59 bits per heavy atom. The van der Waals surface area contributed by atoms with Crippen LogP contribution in [0.1, 0.15) is 10.4 Å². The molecule has 0 aliphatic carbocycles. The molecule has 6 heteroatoms. The van der Waals surface area contributed by atoms with Crippen molar-refractivity contribution in [2.45, 2.75) is 0 Å². The number of aromatic carboxylic acids is 1. The van der Waals surface area contributed by atoms with E-state index in [2.05, 4.69) is 0 Å². The molecule has 1 N–H and O–H groups in total. The topological polar surface area (TPSA) is 76.7 Å². The lowest BCUT2D eigenvalue weighted by Crippen LogP contribution is -2.14. The number of ether oxygens (including phenoxy) is 1. The molecular weight excluding hydrogens is 291 g/mol. The molecule has 0 unspecified atom stereocenters. The van der Waals surface area contributed by atoms with Gasteiger partial charge in [0.1, 0.15) is 23.2 Å². The molecule has 1 aromatic heterocycles. The van der Waals surface area contributed by atoms with Crippen LogP contribution in [0.4, 0.5) is 4.39 Å². The van der Waals surface area contributed by atoms with Crippen LogP contribution in [0.25, 0.3) is 11.0 Å². The van der Waals surface area contributed by atoms with E-state index >= 15 is 0 Å². The summed E-state index contributed by atoms with van der Waals surface area (Å²) in [7, 11) is 0. The van der Waals surface area contributed by atoms with Crippen LogP contribution in [0, 0.1) is 5.82 Å². The van der Waals surface area contributed by atoms with E-state index in [4.69, 9.17) is 14.3 Å². The van der Waals surface area contributed by atoms with Gasteiger partial charge in [-0.1, -0.05) is 18.2 Å². The fraction of sp³-hybridized carbons (Fsp3) is 0. The van der Waals surface area contributed by atoms with Crippen LogP contribution in [0.3, 0.4) is 0 Å². The number of para-hydroxylation sites is 1. The van der Waals surface area contributed by atoms with Gasteiger partial charge in [0.05, 0.1) is 5.39 Å². The van der Waals surface area contributed by atoms with Crippen LogP contribution >= 0.6 is 0 Å². The van der Waals surface area contributed by atoms with E-state index in [1.54, 1.807) is 30.3 Å². The molecule has 0 atom stereocenters. The number of carbonyl (C=O) groups is 1. The Labute approximate surface area is 123 Å². The highest BCUT2D eigenvalue weighted by molar-refractivity contribution is 5.91. The Morgan fingerprint density at radius 1 is 1.18 bits per heavy atom. The third-order valence-electron chi connectivity index (χ3n) is 3.03. The average molecular weight is 300 g/mol. The number of carboxylic acids is 1. The maximum atomic E-state index is 14.1. The first kappa shape index (κ1) is 13.8. The Kier molecular flexibility index (Phi) is 3.34. The van der Waals surface area contributed by atoms with Crippen molar-refractivity contribution in [1.29, 1.82) is 0 Å². The molecule has 0 saturated carbocycles. The monoisotopic (exact) mass is 300 g/mol. The highest BCUT2D eigenvalue weighted by Gasteiger charge is 2.16. The second-order valence-electron chi connectivity index (χ2n) is 4.48. The van der Waals surface area contributed by atoms with Gasteiger partial charge in [0.2, 0.25) is 5.43 Å². The standard InChI is InChI=1S/C16H9FO5/c17-12-6-10-13(21-8-11(15(10)18)16(19)20)7-14(12)22-9-4-2-1-3-5-9/h1-8H,(H,19,20). The Hall–Kier alpha value is -3.15. The average Bonchev–Trinajstić information content (AvgIpc) is 2.50. The van der Waals surface area contributed by atoms with Gasteiger partial charge in [-0.2, -0.15) is 0 Å². The summed E-state index contributed by atoms with van der Waals surface area (Å²) in [5.74, 6) is -1.91. The van der Waals surface area contributed by atoms with Gasteiger partial charge in [0.15, 0.2) is 11.6 Å². The van der Waals surface area contributed by atoms with Gasteiger partial charge >= 0.3 is 5.97 Å². The van der Waals surface area contributed by atoms with Crippen molar-refractivity contribution >= 4 is 16.9 Å². The number of fused-ring (bicyclic) bond motifs is 1. The summed E-state index contributed by atoms with van der Waals surface area (Å²) in [6, 6.07) is 10.7. The maximum absolute atomic E-state index is 14.1. The van der Waals surface area contributed by atoms with Crippen molar-refractivity contribution in [2.24, 2.45) is 0 Å². The second kappa shape index (κ2) is 5.33. The summed E-state index contributed by atoms with van der Waals surface area (Å²) in [5.41, 5.74) is -1.31. The summed E-state index contributed by atoms with van der Waals surface area (Å²) in [4.78, 5) is 22.8. The number of hydrogen-bond donors (Lipinski definition) is 1. The lowest BCUT2D eigenvalue weighted by molar-refractivity contribution is 0.0693. The van der Waals surface area contributed by atoms with Crippen molar-refractivity contribution < 1.29 is 23.4 Å². The smallest absolute Gasteiger partial charge is 0.342 e. The highest BCUT2D eigenvalue weighted by atomic mass is 19.1. The third-order valence-corrected chi connectivity index (χ3v) is 3.03. The molecule has 0 amide bonds. The molecular formula is C16H9FO5. The SMILES string of the molecule is O=C(O)c1coc2cc(Oc3ccccc3)c(F)cc2c1=O. The highest BCUT2D eigenvalue weighted by Crippen LogP contribution is 2.28. The zero-order valence-electron chi connectivity index (χ0n) is 11.1. The maximum Gasteiger partial charge on any atom is 0.342 e. The third kappa shape index (κ3) is 2.42. The molecule has 3 aromatic rings. The van der Waals surface area contributed by atoms with Gasteiger partial charge in [-0.15, -0.1) is 0 Å². The summed E-state index contributed by atoms with van der Waals surface area (Å²) >= 11 is 0. The summed E-state index contributed by atoms with van der Waals surface area (Å²) < 4.78 is 24.5. The minimum atomic E-state index is -1.43. The van der Waals surface area contributed by atoms with Crippen LogP contribution in [0.5, 0.6) is 11.5 Å². The lowest BCUT2D eigenvalue weighted by atomic mass is 10.1. The van der Waals surface area contributed by atoms with Gasteiger partial charge in [-0.05, 0) is 18.2 Å². The fourth-order valence-corrected chi connectivity index (χ4v) is 1.97. The van der Waals surface area contributed by atoms with Crippen molar-refractivity contribution in [3.63, 3.8) is 0 Å². The van der Waals surface area contributed by atoms with E-state index in [1.165, 1.54) is 6.07 Å². The quantitative estimate of drug-likeness (QED) is 0.802. The van der Waals surface area contributed by atoms with E-state index in [9.17, 15) is 14.0 Å². The molecule has 3 rings (SSSR count). The van der Waals surface area contributed by atoms with E-state index in [0.717, 1.165) is 12.3 Å². The Balaban J connectivity index is 2.12. The lowest BCUT2D eigenvalue weighted by Gasteiger charge is -2.07. The largest absolute Gasteiger partial charge is 0.477 e. The van der Waals surface area contributed by atoms with Crippen molar-refractivity contribution in [3.8, 4) is 11.5 Å². The van der Waals surface area contributed by atoms with Crippen LogP contribution in [-0.4, -0.2) is 11.1 Å². The van der Waals surface area contributed by atoms with Crippen molar-refractivity contribution in [3.05, 3.63) is 70.3 Å². The van der Waals surface area contributed by atoms with Crippen LogP contribution in [0.2, 0.25) is 0 Å². The zero-order chi connectivity index (χ0) is 15.7. The van der Waals surface area contributed by atoms with E-state index in [-0.39, 0.29) is 16.7 Å². The molecule has 0 radical (unpaired) electrons. The normalized spacial score (nSPS) is 10.6. The van der Waals surface area contributed by atoms with Gasteiger partial charge in [-0.3, -0.25) is 4.79 Å². The van der Waals surface area contributed by atoms with Gasteiger partial charge in [0, 0.05) is 6.07 Å². The number of benzene rings is 2. The molecule has 1 heterocycles. The molecule has 5 nitrogen and oxygen atoms in total. The zero-order valence-corrected chi connectivity index (χ0v) is 11.1. The first-order chi connectivity index (χ1) is 10.6. The van der Waals surface area contributed by atoms with E-state index in [0.29, 0.717) is 5.75 Å². The van der Waals surface area contributed by atoms with Crippen LogP contribution < -0.4 is 10.2 Å². The molecule has 0 spiro atoms. The van der Waals surface area contributed by atoms with Crippen molar-refractivity contribution in [2.75, 3.05) is 0 Å². The van der Waals surface area contributed by atoms with Crippen LogP contribution in [0.15, 0.2) is 57.9 Å². The number of hydrogen-bond acceptors (Lipinski definition) is 4. The minimum Gasteiger partial charge on any atom is -0.477 e. The number of carboxylic acid groups (broad SMARTS) is 1. The molecule has 0 fully saturated rings. The molecule has 0 saturated heterocycles. The molecule has 0 bridgehead atoms. The van der Waals surface area contributed by atoms with E-state index in [1.807, 2.05) is 0 Å². The molecule has 2 aromatic carbocycles. The minimum absolute atomic E-state index is 0.0438. The van der Waals surface area contributed by atoms with Gasteiger partial charge < -0.3 is 14.3 Å². The molecule has 0 aliphatic heterocycles. The van der Waals surface area contributed by atoms with Crippen LogP contribution in [-0.2, 0) is 0 Å². The van der Waals surface area contributed by atoms with E-state index < -0.39 is 22.8 Å². The summed E-state index contributed by atoms with van der Waals surface area (Å²) in [5, 5.41) is 8.71. The van der Waals surface area contributed by atoms with Crippen molar-refractivity contribution in [1.82, 2.24) is 0 Å². The summed E-state index contributed by atoms with van der Waals surface area (Å²) in [6.07, 6.45) is 0.831. The predicted octanol–water partition coefficient (Wildman–Crippen LogP) is 3.42. The van der Waals surface area contributed by atoms with Gasteiger partial charge in [0.25, 0.3) is 0 Å². The van der Waals surface area contributed by atoms with Gasteiger partial charge in [-0.25, -0.2) is 9.18 Å². The first-order valence-corrected chi connectivity index (χ1v) is 6.27. The fourth-order valence-electron chi connectivity index (χ4n) is 1.97. The Bertz CT molecular complexity index is 915. The molecule has 22 heavy (non-hydrogen) atoms. The number of rotatable bonds is 3. The first-order valence-electron chi connectivity index (χ1n) is 6.27. The Morgan fingerprint density at radius 2 is 1.91 bits per heavy atom. The predicted molar refractivity (Wildman–Crippen MR) is 75.9 cm³/mol. The second-order valence-corrected chi connectivity index (χ2v) is 4.48. The number of halogens is 1. The molecule has 110 valence electrons. The summed E-state index contributed by atoms with van der Waals surface area (Å²) in [6.45, 7) is 0. The molecule has 0 aliphatic rings.